The standard InChI is InChI=1S/C21H26N2O2S2/c1-3-5-6-7-10-14-22-16-12-9-8-11-15(16)17(19(22)24)18-20(25)23(13-4-2)21(26)27-18/h8-9,11-12H,3-7,10,13-14H2,1-2H3/b18-17-. The SMILES string of the molecule is CCCCCCCN1C(=O)/C(=C2\SC(=S)N(CCC)C2=O)c2ccccc21. The lowest BCUT2D eigenvalue weighted by Gasteiger charge is -2.17. The van der Waals surface area contributed by atoms with E-state index in [9.17, 15) is 9.59 Å². The Morgan fingerprint density at radius 3 is 2.37 bits per heavy atom. The van der Waals surface area contributed by atoms with Gasteiger partial charge in [-0.05, 0) is 18.9 Å². The molecule has 3 rings (SSSR count). The van der Waals surface area contributed by atoms with Gasteiger partial charge >= 0.3 is 0 Å². The van der Waals surface area contributed by atoms with Crippen LogP contribution in [-0.4, -0.2) is 34.1 Å². The molecule has 1 fully saturated rings. The normalized spacial score (nSPS) is 19.4. The van der Waals surface area contributed by atoms with Crippen LogP contribution in [0.3, 0.4) is 0 Å². The van der Waals surface area contributed by atoms with Crippen molar-refractivity contribution in [2.75, 3.05) is 18.0 Å². The van der Waals surface area contributed by atoms with Crippen LogP contribution in [0.1, 0.15) is 57.9 Å². The highest BCUT2D eigenvalue weighted by atomic mass is 32.2. The second kappa shape index (κ2) is 9.02. The van der Waals surface area contributed by atoms with Crippen molar-refractivity contribution in [2.24, 2.45) is 0 Å². The largest absolute Gasteiger partial charge is 0.308 e. The minimum atomic E-state index is -0.130. The molecule has 1 saturated heterocycles. The van der Waals surface area contributed by atoms with Crippen LogP contribution in [0.15, 0.2) is 29.2 Å². The van der Waals surface area contributed by atoms with Gasteiger partial charge in [-0.25, -0.2) is 0 Å². The summed E-state index contributed by atoms with van der Waals surface area (Å²) in [6.45, 7) is 5.50. The molecular weight excluding hydrogens is 376 g/mol. The van der Waals surface area contributed by atoms with Crippen molar-refractivity contribution in [2.45, 2.75) is 52.4 Å². The summed E-state index contributed by atoms with van der Waals surface area (Å²) in [6.07, 6.45) is 6.56. The lowest BCUT2D eigenvalue weighted by Crippen LogP contribution is -2.30. The highest BCUT2D eigenvalue weighted by Crippen LogP contribution is 2.44. The summed E-state index contributed by atoms with van der Waals surface area (Å²) in [5.74, 6) is -0.196. The van der Waals surface area contributed by atoms with E-state index >= 15 is 0 Å². The van der Waals surface area contributed by atoms with Gasteiger partial charge in [0.2, 0.25) is 0 Å². The van der Waals surface area contributed by atoms with Crippen LogP contribution < -0.4 is 4.90 Å². The van der Waals surface area contributed by atoms with E-state index in [1.807, 2.05) is 36.1 Å². The van der Waals surface area contributed by atoms with E-state index in [-0.39, 0.29) is 11.8 Å². The number of amides is 2. The number of anilines is 1. The topological polar surface area (TPSA) is 40.6 Å². The summed E-state index contributed by atoms with van der Waals surface area (Å²) in [4.78, 5) is 30.0. The number of carbonyl (C=O) groups excluding carboxylic acids is 2. The third-order valence-corrected chi connectivity index (χ3v) is 6.38. The highest BCUT2D eigenvalue weighted by molar-refractivity contribution is 8.26. The van der Waals surface area contributed by atoms with Crippen molar-refractivity contribution in [3.05, 3.63) is 34.7 Å². The molecule has 1 aromatic carbocycles. The van der Waals surface area contributed by atoms with Gasteiger partial charge < -0.3 is 4.90 Å². The van der Waals surface area contributed by atoms with Gasteiger partial charge in [-0.3, -0.25) is 14.5 Å². The van der Waals surface area contributed by atoms with E-state index in [0.29, 0.717) is 27.9 Å². The molecule has 2 aliphatic rings. The average molecular weight is 403 g/mol. The molecule has 4 nitrogen and oxygen atoms in total. The number of fused-ring (bicyclic) bond motifs is 1. The number of nitrogens with zero attached hydrogens (tertiary/aromatic N) is 2. The molecule has 0 saturated carbocycles. The molecule has 0 radical (unpaired) electrons. The molecule has 0 spiro atoms. The molecule has 0 atom stereocenters. The third kappa shape index (κ3) is 3.97. The van der Waals surface area contributed by atoms with Crippen LogP contribution in [0.25, 0.3) is 5.57 Å². The number of hydrogen-bond donors (Lipinski definition) is 0. The fraction of sp³-hybridized carbons (Fsp3) is 0.476. The summed E-state index contributed by atoms with van der Waals surface area (Å²) in [7, 11) is 0. The predicted molar refractivity (Wildman–Crippen MR) is 117 cm³/mol. The first-order valence-electron chi connectivity index (χ1n) is 9.79. The maximum Gasteiger partial charge on any atom is 0.267 e. The Kier molecular flexibility index (Phi) is 6.71. The van der Waals surface area contributed by atoms with Crippen LogP contribution in [0.4, 0.5) is 5.69 Å². The van der Waals surface area contributed by atoms with E-state index in [2.05, 4.69) is 6.92 Å². The summed E-state index contributed by atoms with van der Waals surface area (Å²) < 4.78 is 0.549. The van der Waals surface area contributed by atoms with Crippen molar-refractivity contribution in [3.8, 4) is 0 Å². The molecule has 6 heteroatoms. The van der Waals surface area contributed by atoms with Gasteiger partial charge in [0.1, 0.15) is 4.32 Å². The second-order valence-electron chi connectivity index (χ2n) is 6.92. The van der Waals surface area contributed by atoms with Gasteiger partial charge in [0.15, 0.2) is 0 Å². The second-order valence-corrected chi connectivity index (χ2v) is 8.56. The molecule has 144 valence electrons. The van der Waals surface area contributed by atoms with Crippen molar-refractivity contribution in [1.82, 2.24) is 4.90 Å². The Morgan fingerprint density at radius 2 is 1.63 bits per heavy atom. The number of benzene rings is 1. The van der Waals surface area contributed by atoms with Gasteiger partial charge in [-0.2, -0.15) is 0 Å². The Hall–Kier alpha value is -1.66. The quantitative estimate of drug-likeness (QED) is 0.349. The molecule has 2 amide bonds. The van der Waals surface area contributed by atoms with Gasteiger partial charge in [0, 0.05) is 18.7 Å². The number of para-hydroxylation sites is 1. The minimum Gasteiger partial charge on any atom is -0.308 e. The zero-order valence-corrected chi connectivity index (χ0v) is 17.6. The number of rotatable bonds is 8. The maximum absolute atomic E-state index is 13.2. The number of thioether (sulfide) groups is 1. The molecule has 0 unspecified atom stereocenters. The van der Waals surface area contributed by atoms with Crippen LogP contribution in [0.2, 0.25) is 0 Å². The summed E-state index contributed by atoms with van der Waals surface area (Å²) in [6, 6.07) is 7.77. The first-order chi connectivity index (χ1) is 13.1. The van der Waals surface area contributed by atoms with Gasteiger partial charge in [-0.15, -0.1) is 0 Å². The molecule has 2 heterocycles. The van der Waals surface area contributed by atoms with E-state index < -0.39 is 0 Å². The Balaban J connectivity index is 1.88. The number of thiocarbonyl (C=S) groups is 1. The number of unbranched alkanes of at least 4 members (excludes halogenated alkanes) is 4. The summed E-state index contributed by atoms with van der Waals surface area (Å²) in [5.41, 5.74) is 2.29. The Bertz CT molecular complexity index is 788. The number of carbonyl (C=O) groups is 2. The van der Waals surface area contributed by atoms with Crippen LogP contribution in [0, 0.1) is 0 Å². The van der Waals surface area contributed by atoms with Crippen molar-refractivity contribution >= 4 is 51.4 Å². The third-order valence-electron chi connectivity index (χ3n) is 4.93. The molecule has 0 aliphatic carbocycles. The van der Waals surface area contributed by atoms with Crippen molar-refractivity contribution in [3.63, 3.8) is 0 Å². The van der Waals surface area contributed by atoms with E-state index in [1.54, 1.807) is 4.90 Å². The lowest BCUT2D eigenvalue weighted by molar-refractivity contribution is -0.122. The molecule has 0 bridgehead atoms. The van der Waals surface area contributed by atoms with Crippen molar-refractivity contribution in [1.29, 1.82) is 0 Å². The zero-order valence-electron chi connectivity index (χ0n) is 16.0. The molecule has 2 aliphatic heterocycles. The summed E-state index contributed by atoms with van der Waals surface area (Å²) in [5, 5.41) is 0. The van der Waals surface area contributed by atoms with Crippen LogP contribution in [-0.2, 0) is 9.59 Å². The van der Waals surface area contributed by atoms with Gasteiger partial charge in [-0.1, -0.05) is 81.7 Å². The van der Waals surface area contributed by atoms with Gasteiger partial charge in [0.05, 0.1) is 16.2 Å². The fourth-order valence-electron chi connectivity index (χ4n) is 3.56. The molecule has 1 aromatic rings. The van der Waals surface area contributed by atoms with E-state index in [0.717, 1.165) is 30.5 Å². The van der Waals surface area contributed by atoms with Crippen molar-refractivity contribution < 1.29 is 9.59 Å². The zero-order chi connectivity index (χ0) is 19.4. The predicted octanol–water partition coefficient (Wildman–Crippen LogP) is 4.99. The molecular formula is C21H26N2O2S2. The Morgan fingerprint density at radius 1 is 0.889 bits per heavy atom. The summed E-state index contributed by atoms with van der Waals surface area (Å²) >= 11 is 6.64. The van der Waals surface area contributed by atoms with Gasteiger partial charge in [0.25, 0.3) is 11.8 Å². The first kappa shape index (κ1) is 20.1. The lowest BCUT2D eigenvalue weighted by atomic mass is 10.1. The van der Waals surface area contributed by atoms with Crippen LogP contribution in [0.5, 0.6) is 0 Å². The van der Waals surface area contributed by atoms with E-state index in [4.69, 9.17) is 12.2 Å². The molecule has 27 heavy (non-hydrogen) atoms. The monoisotopic (exact) mass is 402 g/mol. The average Bonchev–Trinajstić information content (AvgIpc) is 3.09. The Labute approximate surface area is 171 Å². The highest BCUT2D eigenvalue weighted by Gasteiger charge is 2.41. The van der Waals surface area contributed by atoms with E-state index in [1.165, 1.54) is 31.0 Å². The maximum atomic E-state index is 13.2. The smallest absolute Gasteiger partial charge is 0.267 e. The fourth-order valence-corrected chi connectivity index (χ4v) is 4.94. The molecule has 0 aromatic heterocycles. The molecule has 0 N–H and O–H groups in total. The van der Waals surface area contributed by atoms with Crippen LogP contribution >= 0.6 is 24.0 Å². The number of hydrogen-bond acceptors (Lipinski definition) is 4. The first-order valence-corrected chi connectivity index (χ1v) is 11.0. The minimum absolute atomic E-state index is 0.0660.